The second kappa shape index (κ2) is 32.0. The maximum Gasteiger partial charge on any atom is 0.286 e. The van der Waals surface area contributed by atoms with Gasteiger partial charge in [-0.05, 0) is 97.9 Å². The highest BCUT2D eigenvalue weighted by Gasteiger charge is 2.11. The number of nitrogens with one attached hydrogen (secondary N) is 2. The average Bonchev–Trinajstić information content (AvgIpc) is 3.31. The first-order chi connectivity index (χ1) is 31.4. The topological polar surface area (TPSA) is 153 Å². The molecule has 4 rings (SSSR count). The Morgan fingerprint density at radius 3 is 1.05 bits per heavy atom. The van der Waals surface area contributed by atoms with Gasteiger partial charge in [-0.3, -0.25) is 9.59 Å². The lowest BCUT2D eigenvalue weighted by molar-refractivity contribution is -0.684. The van der Waals surface area contributed by atoms with Gasteiger partial charge >= 0.3 is 0 Å². The second-order valence-electron chi connectivity index (χ2n) is 15.5. The molecule has 0 radical (unpaired) electrons. The number of aromatic nitrogens is 2. The van der Waals surface area contributed by atoms with Gasteiger partial charge in [0.05, 0.1) is 0 Å². The molecule has 0 aliphatic heterocycles. The molecule has 0 aliphatic carbocycles. The van der Waals surface area contributed by atoms with E-state index in [2.05, 4.69) is 93.3 Å². The fraction of sp³-hybridized carbons (Fsp3) is 0.440. The number of hydrogen-bond donors (Lipinski definition) is 6. The van der Waals surface area contributed by atoms with E-state index in [9.17, 15) is 30.0 Å². The molecule has 14 heteroatoms. The summed E-state index contributed by atoms with van der Waals surface area (Å²) in [6, 6.07) is 24.9. The molecule has 64 heavy (non-hydrogen) atoms. The number of hydrogen-bond acceptors (Lipinski definition) is 10. The summed E-state index contributed by atoms with van der Waals surface area (Å²) in [6.07, 6.45) is 22.7. The molecule has 6 N–H and O–H groups in total. The molecule has 0 bridgehead atoms. The van der Waals surface area contributed by atoms with Gasteiger partial charge in [-0.25, -0.2) is 0 Å². The Morgan fingerprint density at radius 2 is 0.750 bits per heavy atom. The zero-order chi connectivity index (χ0) is 45.5. The average molecular weight is 915 g/mol. The zero-order valence-electron chi connectivity index (χ0n) is 37.3. The van der Waals surface area contributed by atoms with Crippen LogP contribution in [0.4, 0.5) is 11.4 Å². The van der Waals surface area contributed by atoms with Gasteiger partial charge in [0.15, 0.2) is 24.8 Å². The number of nitrogens with zero attached hydrogens (tertiary/aromatic N) is 4. The van der Waals surface area contributed by atoms with E-state index in [1.165, 1.54) is 0 Å². The van der Waals surface area contributed by atoms with Gasteiger partial charge in [-0.1, -0.05) is 70.2 Å². The Bertz CT molecular complexity index is 1770. The lowest BCUT2D eigenvalue weighted by atomic mass is 10.1. The van der Waals surface area contributed by atoms with Crippen molar-refractivity contribution in [3.63, 3.8) is 0 Å². The quantitative estimate of drug-likeness (QED) is 0.0202. The van der Waals surface area contributed by atoms with E-state index in [1.807, 2.05) is 58.2 Å². The number of anilines is 2. The first-order valence-electron chi connectivity index (χ1n) is 22.7. The van der Waals surface area contributed by atoms with Crippen molar-refractivity contribution in [2.24, 2.45) is 0 Å². The number of benzene rings is 2. The van der Waals surface area contributed by atoms with Gasteiger partial charge < -0.3 is 40.9 Å². The maximum atomic E-state index is 12.5. The zero-order valence-corrected chi connectivity index (χ0v) is 38.9. The molecule has 2 aromatic heterocycles. The normalized spacial score (nSPS) is 11.4. The smallest absolute Gasteiger partial charge is 0.286 e. The number of amides is 2. The summed E-state index contributed by atoms with van der Waals surface area (Å²) >= 11 is 0. The molecule has 12 nitrogen and oxygen atoms in total. The first kappa shape index (κ1) is 51.9. The van der Waals surface area contributed by atoms with E-state index < -0.39 is 0 Å². The minimum Gasteiger partial charge on any atom is -0.396 e. The minimum atomic E-state index is -0.0413. The van der Waals surface area contributed by atoms with E-state index in [1.54, 1.807) is 21.6 Å². The lowest BCUT2D eigenvalue weighted by Crippen LogP contribution is -2.43. The number of pyridine rings is 2. The Balaban J connectivity index is 1.06. The van der Waals surface area contributed by atoms with Crippen LogP contribution in [0, 0.1) is 0 Å². The van der Waals surface area contributed by atoms with Crippen LogP contribution in [0.1, 0.15) is 73.6 Å². The van der Waals surface area contributed by atoms with E-state index in [0.29, 0.717) is 13.1 Å². The van der Waals surface area contributed by atoms with Crippen LogP contribution in [0.3, 0.4) is 0 Å². The van der Waals surface area contributed by atoms with Crippen LogP contribution in [0.25, 0.3) is 24.3 Å². The number of carbonyl (C=O) groups is 2. The Labute approximate surface area is 388 Å². The molecule has 4 aromatic rings. The van der Waals surface area contributed by atoms with Crippen LogP contribution in [-0.2, 0) is 22.7 Å². The molecule has 0 aliphatic rings. The SMILES string of the molecule is O=C(C[n+]1ccc(C=Cc2ccc(N(CCCCO)CCCCO)cc2)cc1)NCCSSCCNC(=O)C[n+]1ccc(C=Cc2ccc(N(CCCCO)CCCCO)cc2)cc1. The summed E-state index contributed by atoms with van der Waals surface area (Å²) in [6.45, 7) is 5.95. The molecule has 0 saturated heterocycles. The van der Waals surface area contributed by atoms with Crippen LogP contribution in [-0.4, -0.2) is 109 Å². The molecular formula is C50H70N6O6S2+2. The van der Waals surface area contributed by atoms with Crippen LogP contribution in [0.2, 0.25) is 0 Å². The van der Waals surface area contributed by atoms with Crippen molar-refractivity contribution in [2.75, 3.05) is 87.0 Å². The molecule has 0 unspecified atom stereocenters. The van der Waals surface area contributed by atoms with E-state index in [-0.39, 0.29) is 51.3 Å². The predicted octanol–water partition coefficient (Wildman–Crippen LogP) is 5.62. The first-order valence-corrected chi connectivity index (χ1v) is 25.1. The van der Waals surface area contributed by atoms with E-state index >= 15 is 0 Å². The van der Waals surface area contributed by atoms with Crippen molar-refractivity contribution in [3.05, 3.63) is 120 Å². The standard InChI is InChI=1S/C50H68N6O6S2/c57-35-5-1-27-55(28-2-6-36-58)47-17-13-43(14-18-47)9-11-45-21-31-53(32-22-45)41-49(61)51-25-39-63-64-40-26-52-50(62)42-54-33-23-46(24-34-54)12-10-44-15-19-48(20-16-44)56(29-3-7-37-59)30-4-8-38-60/h9-24,31-34,57-60H,1-8,25-30,35-42H2/p+2. The van der Waals surface area contributed by atoms with E-state index in [0.717, 1.165) is 123 Å². The van der Waals surface area contributed by atoms with Crippen molar-refractivity contribution in [3.8, 4) is 0 Å². The van der Waals surface area contributed by atoms with Crippen LogP contribution >= 0.6 is 21.6 Å². The van der Waals surface area contributed by atoms with Crippen molar-refractivity contribution in [2.45, 2.75) is 64.5 Å². The molecule has 2 aromatic carbocycles. The maximum absolute atomic E-state index is 12.5. The predicted molar refractivity (Wildman–Crippen MR) is 265 cm³/mol. The highest BCUT2D eigenvalue weighted by molar-refractivity contribution is 8.76. The highest BCUT2D eigenvalue weighted by atomic mass is 33.1. The van der Waals surface area contributed by atoms with Gasteiger partial charge in [-0.2, -0.15) is 9.13 Å². The van der Waals surface area contributed by atoms with E-state index in [4.69, 9.17) is 0 Å². The van der Waals surface area contributed by atoms with Crippen molar-refractivity contribution in [1.29, 1.82) is 0 Å². The number of unbranched alkanes of at least 4 members (excludes halogenated alkanes) is 4. The molecule has 0 atom stereocenters. The van der Waals surface area contributed by atoms with Crippen LogP contribution in [0.15, 0.2) is 97.6 Å². The lowest BCUT2D eigenvalue weighted by Gasteiger charge is -2.25. The Hall–Kier alpha value is -4.70. The molecule has 0 saturated carbocycles. The number of rotatable bonds is 33. The molecular weight excluding hydrogens is 845 g/mol. The van der Waals surface area contributed by atoms with Gasteiger partial charge in [-0.15, -0.1) is 0 Å². The summed E-state index contributed by atoms with van der Waals surface area (Å²) in [5.74, 6) is 1.45. The van der Waals surface area contributed by atoms with Crippen LogP contribution < -0.4 is 29.6 Å². The number of carbonyl (C=O) groups excluding carboxylic acids is 2. The molecule has 2 heterocycles. The number of aliphatic hydroxyl groups is 4. The minimum absolute atomic E-state index is 0.0413. The second-order valence-corrected chi connectivity index (χ2v) is 18.2. The molecule has 346 valence electrons. The van der Waals surface area contributed by atoms with Gasteiger partial charge in [0, 0.05) is 113 Å². The summed E-state index contributed by atoms with van der Waals surface area (Å²) in [4.78, 5) is 29.7. The monoisotopic (exact) mass is 914 g/mol. The third-order valence-electron chi connectivity index (χ3n) is 10.4. The van der Waals surface area contributed by atoms with Gasteiger partial charge in [0.1, 0.15) is 0 Å². The van der Waals surface area contributed by atoms with Crippen LogP contribution in [0.5, 0.6) is 0 Å². The molecule has 0 fully saturated rings. The summed E-state index contributed by atoms with van der Waals surface area (Å²) in [5, 5.41) is 42.7. The molecule has 2 amide bonds. The van der Waals surface area contributed by atoms with Crippen molar-refractivity contribution in [1.82, 2.24) is 10.6 Å². The fourth-order valence-electron chi connectivity index (χ4n) is 6.77. The fourth-order valence-corrected chi connectivity index (χ4v) is 8.59. The third kappa shape index (κ3) is 21.3. The number of aliphatic hydroxyl groups excluding tert-OH is 4. The van der Waals surface area contributed by atoms with Gasteiger partial charge in [0.2, 0.25) is 13.1 Å². The molecule has 0 spiro atoms. The van der Waals surface area contributed by atoms with Gasteiger partial charge in [0.25, 0.3) is 11.8 Å². The van der Waals surface area contributed by atoms with Crippen molar-refractivity contribution >= 4 is 69.1 Å². The Kier molecular flexibility index (Phi) is 26.0. The van der Waals surface area contributed by atoms with Crippen molar-refractivity contribution < 1.29 is 39.1 Å². The summed E-state index contributed by atoms with van der Waals surface area (Å²) in [7, 11) is 3.35. The highest BCUT2D eigenvalue weighted by Crippen LogP contribution is 2.21. The largest absolute Gasteiger partial charge is 0.396 e. The third-order valence-corrected chi connectivity index (χ3v) is 12.8. The summed E-state index contributed by atoms with van der Waals surface area (Å²) in [5.41, 5.74) is 6.55. The Morgan fingerprint density at radius 1 is 0.453 bits per heavy atom. The summed E-state index contributed by atoms with van der Waals surface area (Å²) < 4.78 is 3.72.